The van der Waals surface area contributed by atoms with Crippen molar-refractivity contribution in [2.75, 3.05) is 19.7 Å². The van der Waals surface area contributed by atoms with E-state index >= 15 is 0 Å². The number of rotatable bonds is 7. The molecule has 172 valence electrons. The van der Waals surface area contributed by atoms with Gasteiger partial charge in [0.25, 0.3) is 5.91 Å². The molecule has 0 saturated heterocycles. The number of amides is 2. The average Bonchev–Trinajstić information content (AvgIpc) is 3.30. The fraction of sp³-hybridized carbons (Fsp3) is 0.333. The van der Waals surface area contributed by atoms with Crippen LogP contribution >= 0.6 is 11.3 Å². The molecule has 0 N–H and O–H groups in total. The predicted molar refractivity (Wildman–Crippen MR) is 132 cm³/mol. The Bertz CT molecular complexity index is 1110. The highest BCUT2D eigenvalue weighted by molar-refractivity contribution is 7.10. The van der Waals surface area contributed by atoms with Gasteiger partial charge in [0.05, 0.1) is 6.04 Å². The molecule has 1 aliphatic rings. The molecular formula is C27H30N2O3S. The van der Waals surface area contributed by atoms with Gasteiger partial charge in [-0.1, -0.05) is 36.4 Å². The molecule has 6 heteroatoms. The van der Waals surface area contributed by atoms with Gasteiger partial charge in [0.15, 0.2) is 0 Å². The molecule has 1 aromatic heterocycles. The van der Waals surface area contributed by atoms with E-state index in [1.807, 2.05) is 80.3 Å². The smallest absolute Gasteiger partial charge is 0.254 e. The second-order valence-electron chi connectivity index (χ2n) is 8.62. The van der Waals surface area contributed by atoms with Crippen molar-refractivity contribution in [2.45, 2.75) is 39.3 Å². The number of benzene rings is 2. The third-order valence-corrected chi connectivity index (χ3v) is 7.13. The molecule has 0 aliphatic carbocycles. The van der Waals surface area contributed by atoms with Gasteiger partial charge in [-0.15, -0.1) is 11.3 Å². The number of hydrogen-bond donors (Lipinski definition) is 0. The van der Waals surface area contributed by atoms with Crippen molar-refractivity contribution in [1.29, 1.82) is 0 Å². The van der Waals surface area contributed by atoms with Gasteiger partial charge in [-0.3, -0.25) is 9.59 Å². The normalized spacial score (nSPS) is 15.3. The summed E-state index contributed by atoms with van der Waals surface area (Å²) in [5.74, 6) is 0.622. The highest BCUT2D eigenvalue weighted by Gasteiger charge is 2.34. The summed E-state index contributed by atoms with van der Waals surface area (Å²) in [6.07, 6.45) is 0.827. The summed E-state index contributed by atoms with van der Waals surface area (Å²) in [6.45, 7) is 6.88. The topological polar surface area (TPSA) is 49.9 Å². The summed E-state index contributed by atoms with van der Waals surface area (Å²) in [7, 11) is 0. The lowest BCUT2D eigenvalue weighted by atomic mass is 10.00. The van der Waals surface area contributed by atoms with Gasteiger partial charge in [-0.2, -0.15) is 0 Å². The van der Waals surface area contributed by atoms with E-state index in [1.165, 1.54) is 4.88 Å². The number of carbonyl (C=O) groups is 2. The maximum Gasteiger partial charge on any atom is 0.254 e. The number of fused-ring (bicyclic) bond motifs is 1. The number of ether oxygens (including phenoxy) is 1. The first-order valence-electron chi connectivity index (χ1n) is 11.4. The van der Waals surface area contributed by atoms with Crippen molar-refractivity contribution >= 4 is 23.2 Å². The van der Waals surface area contributed by atoms with Gasteiger partial charge < -0.3 is 14.5 Å². The van der Waals surface area contributed by atoms with Gasteiger partial charge in [0, 0.05) is 23.0 Å². The van der Waals surface area contributed by atoms with Crippen molar-refractivity contribution in [3.05, 3.63) is 87.6 Å². The summed E-state index contributed by atoms with van der Waals surface area (Å²) in [5.41, 5.74) is 2.70. The Hall–Kier alpha value is -3.12. The van der Waals surface area contributed by atoms with E-state index in [-0.39, 0.29) is 30.4 Å². The molecule has 0 spiro atoms. The number of thiophene rings is 1. The van der Waals surface area contributed by atoms with Gasteiger partial charge >= 0.3 is 0 Å². The van der Waals surface area contributed by atoms with E-state index in [0.29, 0.717) is 18.7 Å². The Morgan fingerprint density at radius 2 is 1.82 bits per heavy atom. The molecule has 2 heterocycles. The van der Waals surface area contributed by atoms with Gasteiger partial charge in [0.1, 0.15) is 18.9 Å². The van der Waals surface area contributed by atoms with Crippen LogP contribution in [0.5, 0.6) is 5.75 Å². The van der Waals surface area contributed by atoms with Gasteiger partial charge in [0.2, 0.25) is 5.91 Å². The largest absolute Gasteiger partial charge is 0.491 e. The minimum Gasteiger partial charge on any atom is -0.491 e. The average molecular weight is 463 g/mol. The SMILES string of the molecule is Cc1ccccc1C(=O)N(CC(=O)N1CCc2sccc2C1COc1ccccc1)C(C)C. The predicted octanol–water partition coefficient (Wildman–Crippen LogP) is 5.11. The Morgan fingerprint density at radius 1 is 1.09 bits per heavy atom. The second-order valence-corrected chi connectivity index (χ2v) is 9.62. The molecule has 5 nitrogen and oxygen atoms in total. The summed E-state index contributed by atoms with van der Waals surface area (Å²) < 4.78 is 6.07. The Morgan fingerprint density at radius 3 is 2.55 bits per heavy atom. The first-order chi connectivity index (χ1) is 16.0. The molecule has 33 heavy (non-hydrogen) atoms. The molecule has 0 bridgehead atoms. The Balaban J connectivity index is 1.54. The van der Waals surface area contributed by atoms with Crippen LogP contribution in [0.4, 0.5) is 0 Å². The molecule has 2 amide bonds. The fourth-order valence-electron chi connectivity index (χ4n) is 4.26. The van der Waals surface area contributed by atoms with Crippen LogP contribution in [-0.4, -0.2) is 47.4 Å². The monoisotopic (exact) mass is 462 g/mol. The number of para-hydroxylation sites is 1. The lowest BCUT2D eigenvalue weighted by molar-refractivity contribution is -0.136. The third-order valence-electron chi connectivity index (χ3n) is 6.13. The van der Waals surface area contributed by atoms with E-state index < -0.39 is 0 Å². The molecule has 3 aromatic rings. The maximum atomic E-state index is 13.6. The van der Waals surface area contributed by atoms with Crippen molar-refractivity contribution in [2.24, 2.45) is 0 Å². The van der Waals surface area contributed by atoms with E-state index in [4.69, 9.17) is 4.74 Å². The highest BCUT2D eigenvalue weighted by Crippen LogP contribution is 2.34. The molecule has 1 atom stereocenters. The highest BCUT2D eigenvalue weighted by atomic mass is 32.1. The second kappa shape index (κ2) is 10.2. The first kappa shape index (κ1) is 23.1. The number of aryl methyl sites for hydroxylation is 1. The fourth-order valence-corrected chi connectivity index (χ4v) is 5.19. The Labute approximate surface area is 199 Å². The van der Waals surface area contributed by atoms with E-state index in [1.54, 1.807) is 16.2 Å². The summed E-state index contributed by atoms with van der Waals surface area (Å²) in [6, 6.07) is 19.0. The molecule has 0 radical (unpaired) electrons. The van der Waals surface area contributed by atoms with Crippen molar-refractivity contribution < 1.29 is 14.3 Å². The molecule has 2 aromatic carbocycles. The number of nitrogens with zero attached hydrogens (tertiary/aromatic N) is 2. The van der Waals surface area contributed by atoms with E-state index in [9.17, 15) is 9.59 Å². The zero-order chi connectivity index (χ0) is 23.4. The van der Waals surface area contributed by atoms with Crippen LogP contribution in [0.1, 0.15) is 46.3 Å². The molecule has 4 rings (SSSR count). The minimum absolute atomic E-state index is 0.0478. The van der Waals surface area contributed by atoms with Gasteiger partial charge in [-0.25, -0.2) is 0 Å². The van der Waals surface area contributed by atoms with Gasteiger partial charge in [-0.05, 0) is 68.0 Å². The lowest BCUT2D eigenvalue weighted by Gasteiger charge is -2.37. The lowest BCUT2D eigenvalue weighted by Crippen LogP contribution is -2.49. The van der Waals surface area contributed by atoms with Crippen LogP contribution in [-0.2, 0) is 11.2 Å². The molecule has 1 unspecified atom stereocenters. The van der Waals surface area contributed by atoms with Crippen LogP contribution in [0.3, 0.4) is 0 Å². The quantitative estimate of drug-likeness (QED) is 0.490. The summed E-state index contributed by atoms with van der Waals surface area (Å²) in [5, 5.41) is 2.08. The van der Waals surface area contributed by atoms with Crippen LogP contribution in [0.2, 0.25) is 0 Å². The zero-order valence-electron chi connectivity index (χ0n) is 19.4. The van der Waals surface area contributed by atoms with Crippen molar-refractivity contribution in [3.8, 4) is 5.75 Å². The third kappa shape index (κ3) is 5.11. The zero-order valence-corrected chi connectivity index (χ0v) is 20.2. The van der Waals surface area contributed by atoms with Crippen LogP contribution < -0.4 is 4.74 Å². The van der Waals surface area contributed by atoms with E-state index in [0.717, 1.165) is 23.3 Å². The van der Waals surface area contributed by atoms with Crippen LogP contribution in [0.25, 0.3) is 0 Å². The van der Waals surface area contributed by atoms with Crippen molar-refractivity contribution in [1.82, 2.24) is 9.80 Å². The number of hydrogen-bond acceptors (Lipinski definition) is 4. The molecule has 0 saturated carbocycles. The number of carbonyl (C=O) groups excluding carboxylic acids is 2. The van der Waals surface area contributed by atoms with Crippen LogP contribution in [0, 0.1) is 6.92 Å². The molecular weight excluding hydrogens is 432 g/mol. The standard InChI is InChI=1S/C27H30N2O3S/c1-19(2)29(27(31)22-12-8-7-9-20(22)3)17-26(30)28-15-13-25-23(14-16-33-25)24(28)18-32-21-10-5-4-6-11-21/h4-12,14,16,19,24H,13,15,17-18H2,1-3H3. The Kier molecular flexibility index (Phi) is 7.14. The molecule has 1 aliphatic heterocycles. The maximum absolute atomic E-state index is 13.6. The molecule has 0 fully saturated rings. The first-order valence-corrected chi connectivity index (χ1v) is 12.2. The van der Waals surface area contributed by atoms with Crippen LogP contribution in [0.15, 0.2) is 66.0 Å². The minimum atomic E-state index is -0.171. The summed E-state index contributed by atoms with van der Waals surface area (Å²) in [4.78, 5) is 31.7. The summed E-state index contributed by atoms with van der Waals surface area (Å²) >= 11 is 1.73. The van der Waals surface area contributed by atoms with Crippen molar-refractivity contribution in [3.63, 3.8) is 0 Å². The van der Waals surface area contributed by atoms with E-state index in [2.05, 4.69) is 11.4 Å².